The van der Waals surface area contributed by atoms with Crippen LogP contribution in [0.1, 0.15) is 4.88 Å². The number of nitrogens with one attached hydrogen (secondary N) is 1. The van der Waals surface area contributed by atoms with Gasteiger partial charge in [-0.25, -0.2) is 4.79 Å². The topological polar surface area (TPSA) is 73.9 Å². The van der Waals surface area contributed by atoms with Gasteiger partial charge in [-0.2, -0.15) is 11.8 Å². The molecule has 0 radical (unpaired) electrons. The van der Waals surface area contributed by atoms with Gasteiger partial charge in [0.25, 0.3) is 5.91 Å². The summed E-state index contributed by atoms with van der Waals surface area (Å²) >= 11 is 3.46. The summed E-state index contributed by atoms with van der Waals surface area (Å²) in [6, 6.07) is 4.11. The molecule has 0 bridgehead atoms. The quantitative estimate of drug-likeness (QED) is 0.570. The summed E-state index contributed by atoms with van der Waals surface area (Å²) in [7, 11) is 0. The van der Waals surface area contributed by atoms with Crippen molar-refractivity contribution < 1.29 is 23.8 Å². The van der Waals surface area contributed by atoms with Crippen LogP contribution in [-0.4, -0.2) is 44.0 Å². The molecule has 120 valence electrons. The van der Waals surface area contributed by atoms with Crippen LogP contribution >= 0.6 is 23.1 Å². The van der Waals surface area contributed by atoms with Gasteiger partial charge in [0.2, 0.25) is 5.76 Å². The van der Waals surface area contributed by atoms with Crippen LogP contribution in [0.25, 0.3) is 0 Å². The van der Waals surface area contributed by atoms with Gasteiger partial charge in [0.05, 0.1) is 0 Å². The largest absolute Gasteiger partial charge is 0.493 e. The van der Waals surface area contributed by atoms with E-state index in [-0.39, 0.29) is 18.3 Å². The van der Waals surface area contributed by atoms with Crippen molar-refractivity contribution in [1.29, 1.82) is 0 Å². The number of rotatable bonds is 8. The molecule has 0 saturated carbocycles. The Balaban J connectivity index is 1.52. The van der Waals surface area contributed by atoms with E-state index in [2.05, 4.69) is 11.4 Å². The average Bonchev–Trinajstić information content (AvgIpc) is 3.06. The number of ether oxygens (including phenoxy) is 3. The fraction of sp³-hybridized carbons (Fsp3) is 0.429. The second-order valence-electron chi connectivity index (χ2n) is 4.26. The standard InChI is InChI=1S/C14H17NO5S2/c16-13(9-20-14(17)12-8-18-4-5-19-12)15-3-7-21-10-11-2-1-6-22-11/h1-2,6,8H,3-5,7,9-10H2,(H,15,16). The highest BCUT2D eigenvalue weighted by atomic mass is 32.2. The van der Waals surface area contributed by atoms with E-state index < -0.39 is 5.97 Å². The zero-order valence-electron chi connectivity index (χ0n) is 11.9. The third-order valence-corrected chi connectivity index (χ3v) is 4.64. The van der Waals surface area contributed by atoms with E-state index in [0.29, 0.717) is 19.8 Å². The fourth-order valence-electron chi connectivity index (χ4n) is 1.56. The number of hydrogen-bond donors (Lipinski definition) is 1. The van der Waals surface area contributed by atoms with Crippen molar-refractivity contribution in [3.05, 3.63) is 34.4 Å². The summed E-state index contributed by atoms with van der Waals surface area (Å²) in [6.07, 6.45) is 1.20. The first-order valence-corrected chi connectivity index (χ1v) is 8.77. The van der Waals surface area contributed by atoms with Gasteiger partial charge in [-0.15, -0.1) is 11.3 Å². The van der Waals surface area contributed by atoms with Crippen LogP contribution in [-0.2, 0) is 29.6 Å². The Hall–Kier alpha value is -1.67. The van der Waals surface area contributed by atoms with Gasteiger partial charge in [-0.1, -0.05) is 6.07 Å². The molecule has 1 aliphatic rings. The van der Waals surface area contributed by atoms with E-state index in [1.54, 1.807) is 23.1 Å². The minimum absolute atomic E-state index is 0.00875. The van der Waals surface area contributed by atoms with E-state index in [9.17, 15) is 9.59 Å². The first kappa shape index (κ1) is 16.7. The predicted octanol–water partition coefficient (Wildman–Crippen LogP) is 1.53. The second-order valence-corrected chi connectivity index (χ2v) is 6.40. The third-order valence-electron chi connectivity index (χ3n) is 2.58. The van der Waals surface area contributed by atoms with Crippen molar-refractivity contribution in [2.75, 3.05) is 32.1 Å². The van der Waals surface area contributed by atoms with E-state index >= 15 is 0 Å². The molecule has 0 aliphatic carbocycles. The van der Waals surface area contributed by atoms with E-state index in [1.807, 2.05) is 11.4 Å². The number of thioether (sulfide) groups is 1. The predicted molar refractivity (Wildman–Crippen MR) is 84.4 cm³/mol. The molecule has 1 N–H and O–H groups in total. The molecular formula is C14H17NO5S2. The lowest BCUT2D eigenvalue weighted by Gasteiger charge is -2.14. The molecule has 2 heterocycles. The Morgan fingerprint density at radius 3 is 3.05 bits per heavy atom. The molecule has 0 aromatic carbocycles. The number of amides is 1. The van der Waals surface area contributed by atoms with Crippen molar-refractivity contribution in [3.63, 3.8) is 0 Å². The smallest absolute Gasteiger partial charge is 0.377 e. The van der Waals surface area contributed by atoms with Gasteiger partial charge in [0.1, 0.15) is 19.5 Å². The minimum Gasteiger partial charge on any atom is -0.493 e. The number of hydrogen-bond acceptors (Lipinski definition) is 7. The van der Waals surface area contributed by atoms with Crippen molar-refractivity contribution in [3.8, 4) is 0 Å². The fourth-order valence-corrected chi connectivity index (χ4v) is 3.26. The lowest BCUT2D eigenvalue weighted by Crippen LogP contribution is -2.31. The lowest BCUT2D eigenvalue weighted by molar-refractivity contribution is -0.149. The summed E-state index contributed by atoms with van der Waals surface area (Å²) < 4.78 is 14.8. The SMILES string of the molecule is O=C(COC(=O)C1=COCCO1)NCCSCc1cccs1. The maximum absolute atomic E-state index is 11.5. The maximum Gasteiger partial charge on any atom is 0.377 e. The maximum atomic E-state index is 11.5. The van der Waals surface area contributed by atoms with Crippen molar-refractivity contribution in [2.24, 2.45) is 0 Å². The molecule has 2 rings (SSSR count). The molecule has 8 heteroatoms. The van der Waals surface area contributed by atoms with Crippen LogP contribution in [0.3, 0.4) is 0 Å². The lowest BCUT2D eigenvalue weighted by atomic mass is 10.5. The molecule has 6 nitrogen and oxygen atoms in total. The van der Waals surface area contributed by atoms with E-state index in [4.69, 9.17) is 14.2 Å². The summed E-state index contributed by atoms with van der Waals surface area (Å²) in [5.41, 5.74) is 0. The first-order valence-electron chi connectivity index (χ1n) is 6.74. The molecule has 0 saturated heterocycles. The Labute approximate surface area is 136 Å². The molecule has 1 aromatic rings. The van der Waals surface area contributed by atoms with Gasteiger partial charge in [0, 0.05) is 22.9 Å². The minimum atomic E-state index is -0.693. The Bertz CT molecular complexity index is 515. The highest BCUT2D eigenvalue weighted by Gasteiger charge is 2.17. The molecule has 1 aliphatic heterocycles. The Kier molecular flexibility index (Phi) is 7.11. The Morgan fingerprint density at radius 2 is 2.32 bits per heavy atom. The van der Waals surface area contributed by atoms with Gasteiger partial charge >= 0.3 is 5.97 Å². The number of carbonyl (C=O) groups is 2. The van der Waals surface area contributed by atoms with Crippen LogP contribution in [0.5, 0.6) is 0 Å². The monoisotopic (exact) mass is 343 g/mol. The van der Waals surface area contributed by atoms with Crippen molar-refractivity contribution in [1.82, 2.24) is 5.32 Å². The zero-order chi connectivity index (χ0) is 15.6. The molecule has 22 heavy (non-hydrogen) atoms. The third kappa shape index (κ3) is 5.98. The highest BCUT2D eigenvalue weighted by molar-refractivity contribution is 7.98. The molecule has 1 aromatic heterocycles. The van der Waals surface area contributed by atoms with Gasteiger partial charge in [-0.05, 0) is 11.4 Å². The van der Waals surface area contributed by atoms with Crippen LogP contribution in [0, 0.1) is 0 Å². The van der Waals surface area contributed by atoms with Gasteiger partial charge in [0.15, 0.2) is 6.61 Å². The molecule has 1 amide bonds. The molecule has 0 atom stereocenters. The summed E-state index contributed by atoms with van der Waals surface area (Å²) in [5, 5.41) is 4.74. The van der Waals surface area contributed by atoms with Gasteiger partial charge < -0.3 is 19.5 Å². The Morgan fingerprint density at radius 1 is 1.41 bits per heavy atom. The van der Waals surface area contributed by atoms with Crippen LogP contribution < -0.4 is 5.32 Å². The number of carbonyl (C=O) groups excluding carboxylic acids is 2. The molecule has 0 spiro atoms. The van der Waals surface area contributed by atoms with Gasteiger partial charge in [-0.3, -0.25) is 4.79 Å². The highest BCUT2D eigenvalue weighted by Crippen LogP contribution is 2.16. The summed E-state index contributed by atoms with van der Waals surface area (Å²) in [6.45, 7) is 0.916. The number of esters is 1. The first-order chi connectivity index (χ1) is 10.8. The van der Waals surface area contributed by atoms with Crippen LogP contribution in [0.15, 0.2) is 29.5 Å². The normalized spacial score (nSPS) is 13.5. The van der Waals surface area contributed by atoms with Crippen LogP contribution in [0.2, 0.25) is 0 Å². The van der Waals surface area contributed by atoms with E-state index in [0.717, 1.165) is 11.5 Å². The van der Waals surface area contributed by atoms with Crippen LogP contribution in [0.4, 0.5) is 0 Å². The zero-order valence-corrected chi connectivity index (χ0v) is 13.5. The molecule has 0 fully saturated rings. The number of thiophene rings is 1. The summed E-state index contributed by atoms with van der Waals surface area (Å²) in [4.78, 5) is 24.4. The van der Waals surface area contributed by atoms with Crippen molar-refractivity contribution in [2.45, 2.75) is 5.75 Å². The van der Waals surface area contributed by atoms with E-state index in [1.165, 1.54) is 11.1 Å². The molecule has 0 unspecified atom stereocenters. The molecular weight excluding hydrogens is 326 g/mol. The second kappa shape index (κ2) is 9.37. The average molecular weight is 343 g/mol. The summed E-state index contributed by atoms with van der Waals surface area (Å²) in [5.74, 6) is 0.711. The van der Waals surface area contributed by atoms with Crippen molar-refractivity contribution >= 4 is 35.0 Å².